The maximum atomic E-state index is 14.2. The van der Waals surface area contributed by atoms with E-state index in [1.807, 2.05) is 6.92 Å². The van der Waals surface area contributed by atoms with Gasteiger partial charge in [0.2, 0.25) is 5.91 Å². The van der Waals surface area contributed by atoms with E-state index in [1.54, 1.807) is 17.9 Å². The van der Waals surface area contributed by atoms with Crippen molar-refractivity contribution in [1.82, 2.24) is 9.80 Å². The van der Waals surface area contributed by atoms with Crippen molar-refractivity contribution in [2.45, 2.75) is 109 Å². The van der Waals surface area contributed by atoms with Crippen LogP contribution in [0.15, 0.2) is 18.2 Å². The fraction of sp³-hybridized carbons (Fsp3) is 0.758. The van der Waals surface area contributed by atoms with Crippen LogP contribution in [0.2, 0.25) is 0 Å². The Balaban J connectivity index is 1.86. The number of anilines is 1. The van der Waals surface area contributed by atoms with E-state index in [1.165, 1.54) is 44.2 Å². The number of halogens is 3. The van der Waals surface area contributed by atoms with Gasteiger partial charge >= 0.3 is 6.18 Å². The summed E-state index contributed by atoms with van der Waals surface area (Å²) in [5.74, 6) is -0.222. The zero-order chi connectivity index (χ0) is 32.3. The summed E-state index contributed by atoms with van der Waals surface area (Å²) in [7, 11) is 2.13. The van der Waals surface area contributed by atoms with Gasteiger partial charge in [-0.1, -0.05) is 26.2 Å². The predicted molar refractivity (Wildman–Crippen MR) is 165 cm³/mol. The fourth-order valence-corrected chi connectivity index (χ4v) is 6.13. The summed E-state index contributed by atoms with van der Waals surface area (Å²) < 4.78 is 50.6. The highest BCUT2D eigenvalue weighted by atomic mass is 19.4. The number of aliphatic hydroxyl groups is 1. The number of rotatable bonds is 9. The van der Waals surface area contributed by atoms with Gasteiger partial charge in [-0.15, -0.1) is 0 Å². The molecule has 0 unspecified atom stereocenters. The zero-order valence-electron chi connectivity index (χ0n) is 26.8. The Labute approximate surface area is 260 Å². The monoisotopic (exact) mass is 627 g/mol. The second kappa shape index (κ2) is 17.4. The van der Waals surface area contributed by atoms with Crippen LogP contribution in [0.4, 0.5) is 18.9 Å². The summed E-state index contributed by atoms with van der Waals surface area (Å²) in [6, 6.07) is 4.04. The number of ether oxygens (including phenoxy) is 2. The van der Waals surface area contributed by atoms with E-state index in [0.29, 0.717) is 24.8 Å². The van der Waals surface area contributed by atoms with Crippen LogP contribution in [-0.4, -0.2) is 91.0 Å². The SMILES string of the molecule is C[C@@H]1CN([C@H](C)CO)C(=O)c2cc(NC(=O)CCC(F)(F)F)ccc2O[C@@H](C)CCCCO[C@@H]1CN(C)CC1CCCCC1. The van der Waals surface area contributed by atoms with Gasteiger partial charge in [-0.3, -0.25) is 9.59 Å². The molecule has 3 rings (SSSR count). The first kappa shape index (κ1) is 36.1. The summed E-state index contributed by atoms with van der Waals surface area (Å²) in [5, 5.41) is 12.6. The lowest BCUT2D eigenvalue weighted by Gasteiger charge is -2.36. The van der Waals surface area contributed by atoms with E-state index in [2.05, 4.69) is 24.2 Å². The number of carbonyl (C=O) groups is 2. The predicted octanol–water partition coefficient (Wildman–Crippen LogP) is 6.28. The van der Waals surface area contributed by atoms with Gasteiger partial charge < -0.3 is 29.7 Å². The minimum atomic E-state index is -4.45. The highest BCUT2D eigenvalue weighted by molar-refractivity contribution is 5.99. The van der Waals surface area contributed by atoms with Crippen LogP contribution in [0.3, 0.4) is 0 Å². The number of hydrogen-bond donors (Lipinski definition) is 2. The minimum absolute atomic E-state index is 0.0572. The van der Waals surface area contributed by atoms with Crippen molar-refractivity contribution < 1.29 is 37.3 Å². The summed E-state index contributed by atoms with van der Waals surface area (Å²) in [5.41, 5.74) is 0.388. The smallest absolute Gasteiger partial charge is 0.389 e. The first-order chi connectivity index (χ1) is 20.9. The van der Waals surface area contributed by atoms with Crippen LogP contribution >= 0.6 is 0 Å². The zero-order valence-corrected chi connectivity index (χ0v) is 26.8. The van der Waals surface area contributed by atoms with Gasteiger partial charge in [0.25, 0.3) is 5.91 Å². The molecule has 0 bridgehead atoms. The maximum Gasteiger partial charge on any atom is 0.389 e. The molecule has 1 fully saturated rings. The molecule has 2 N–H and O–H groups in total. The number of alkyl halides is 3. The van der Waals surface area contributed by atoms with Crippen molar-refractivity contribution in [3.05, 3.63) is 23.8 Å². The quantitative estimate of drug-likeness (QED) is 0.335. The van der Waals surface area contributed by atoms with E-state index < -0.39 is 36.9 Å². The molecule has 44 heavy (non-hydrogen) atoms. The number of carbonyl (C=O) groups excluding carboxylic acids is 2. The molecule has 0 radical (unpaired) electrons. The molecule has 0 aromatic heterocycles. The third-order valence-corrected chi connectivity index (χ3v) is 8.76. The lowest BCUT2D eigenvalue weighted by Crippen LogP contribution is -2.47. The molecule has 1 aromatic carbocycles. The van der Waals surface area contributed by atoms with Gasteiger partial charge in [0.1, 0.15) is 5.75 Å². The lowest BCUT2D eigenvalue weighted by molar-refractivity contribution is -0.142. The molecule has 2 aliphatic rings. The number of benzene rings is 1. The van der Waals surface area contributed by atoms with Crippen LogP contribution in [0.1, 0.15) is 95.3 Å². The van der Waals surface area contributed by atoms with Crippen LogP contribution in [-0.2, 0) is 9.53 Å². The Kier molecular flexibility index (Phi) is 14.2. The molecule has 0 spiro atoms. The van der Waals surface area contributed by atoms with Crippen molar-refractivity contribution in [3.63, 3.8) is 0 Å². The average molecular weight is 628 g/mol. The van der Waals surface area contributed by atoms with Crippen LogP contribution < -0.4 is 10.1 Å². The van der Waals surface area contributed by atoms with E-state index in [-0.39, 0.29) is 36.0 Å². The van der Waals surface area contributed by atoms with Crippen LogP contribution in [0.5, 0.6) is 5.75 Å². The number of aliphatic hydroxyl groups excluding tert-OH is 1. The van der Waals surface area contributed by atoms with Crippen molar-refractivity contribution in [2.75, 3.05) is 45.2 Å². The summed E-state index contributed by atoms with van der Waals surface area (Å²) in [6.07, 6.45) is 2.15. The number of hydrogen-bond acceptors (Lipinski definition) is 6. The molecule has 1 saturated carbocycles. The molecule has 1 aliphatic heterocycles. The van der Waals surface area contributed by atoms with Crippen molar-refractivity contribution in [2.24, 2.45) is 11.8 Å². The Bertz CT molecular complexity index is 1050. The van der Waals surface area contributed by atoms with Gasteiger partial charge in [0, 0.05) is 44.3 Å². The largest absolute Gasteiger partial charge is 0.490 e. The number of fused-ring (bicyclic) bond motifs is 1. The molecule has 1 aliphatic carbocycles. The normalized spacial score (nSPS) is 23.9. The second-order valence-electron chi connectivity index (χ2n) is 12.9. The average Bonchev–Trinajstić information content (AvgIpc) is 2.97. The topological polar surface area (TPSA) is 91.3 Å². The second-order valence-corrected chi connectivity index (χ2v) is 12.9. The van der Waals surface area contributed by atoms with Gasteiger partial charge in [-0.2, -0.15) is 13.2 Å². The first-order valence-electron chi connectivity index (χ1n) is 16.3. The standard InChI is InChI=1S/C33H52F3N3O5/c1-23-19-39(24(2)22-40)32(42)28-18-27(37-31(41)15-16-33(34,35)36)13-14-29(28)44-25(3)10-8-9-17-43-30(23)21-38(4)20-26-11-6-5-7-12-26/h13-14,18,23-26,30,40H,5-12,15-17,19-22H2,1-4H3,(H,37,41)/t23-,24-,25+,30-/m1/s1. The van der Waals surface area contributed by atoms with E-state index in [9.17, 15) is 27.9 Å². The molecular formula is C33H52F3N3O5. The molecule has 4 atom stereocenters. The van der Waals surface area contributed by atoms with Gasteiger partial charge in [-0.25, -0.2) is 0 Å². The first-order valence-corrected chi connectivity index (χ1v) is 16.3. The summed E-state index contributed by atoms with van der Waals surface area (Å²) in [6.45, 7) is 8.17. The molecule has 1 heterocycles. The highest BCUT2D eigenvalue weighted by Gasteiger charge is 2.31. The highest BCUT2D eigenvalue weighted by Crippen LogP contribution is 2.30. The van der Waals surface area contributed by atoms with Gasteiger partial charge in [-0.05, 0) is 77.1 Å². The summed E-state index contributed by atoms with van der Waals surface area (Å²) >= 11 is 0. The molecule has 250 valence electrons. The number of nitrogens with zero attached hydrogens (tertiary/aromatic N) is 2. The maximum absolute atomic E-state index is 14.2. The number of likely N-dealkylation sites (N-methyl/N-ethyl adjacent to an activating group) is 1. The van der Waals surface area contributed by atoms with E-state index in [0.717, 1.165) is 32.4 Å². The third-order valence-electron chi connectivity index (χ3n) is 8.76. The van der Waals surface area contributed by atoms with E-state index >= 15 is 0 Å². The van der Waals surface area contributed by atoms with Crippen molar-refractivity contribution >= 4 is 17.5 Å². The van der Waals surface area contributed by atoms with Crippen molar-refractivity contribution in [1.29, 1.82) is 0 Å². The van der Waals surface area contributed by atoms with E-state index in [4.69, 9.17) is 9.47 Å². The van der Waals surface area contributed by atoms with Crippen LogP contribution in [0.25, 0.3) is 0 Å². The Morgan fingerprint density at radius 2 is 1.82 bits per heavy atom. The third kappa shape index (κ3) is 11.9. The van der Waals surface area contributed by atoms with Crippen molar-refractivity contribution in [3.8, 4) is 5.75 Å². The van der Waals surface area contributed by atoms with Gasteiger partial charge in [0.15, 0.2) is 0 Å². The lowest BCUT2D eigenvalue weighted by atomic mass is 9.89. The Morgan fingerprint density at radius 3 is 2.50 bits per heavy atom. The number of nitrogens with one attached hydrogen (secondary N) is 1. The fourth-order valence-electron chi connectivity index (χ4n) is 6.13. The molecule has 0 saturated heterocycles. The Hall–Kier alpha value is -2.37. The minimum Gasteiger partial charge on any atom is -0.490 e. The van der Waals surface area contributed by atoms with Gasteiger partial charge in [0.05, 0.1) is 36.8 Å². The molecule has 1 aromatic rings. The number of amides is 2. The molecule has 2 amide bonds. The summed E-state index contributed by atoms with van der Waals surface area (Å²) in [4.78, 5) is 30.4. The molecule has 11 heteroatoms. The Morgan fingerprint density at radius 1 is 1.11 bits per heavy atom. The van der Waals surface area contributed by atoms with Crippen LogP contribution in [0, 0.1) is 11.8 Å². The molecule has 8 nitrogen and oxygen atoms in total. The molecular weight excluding hydrogens is 575 g/mol.